The number of amides is 2. The van der Waals surface area contributed by atoms with Gasteiger partial charge in [0, 0.05) is 26.3 Å². The van der Waals surface area contributed by atoms with Crippen LogP contribution >= 0.6 is 0 Å². The molecule has 0 radical (unpaired) electrons. The number of likely N-dealkylation sites (N-methyl/N-ethyl adjacent to an activating group) is 1. The summed E-state index contributed by atoms with van der Waals surface area (Å²) in [6.07, 6.45) is -2.89. The maximum Gasteiger partial charge on any atom is 0.434 e. The predicted octanol–water partition coefficient (Wildman–Crippen LogP) is 1.50. The van der Waals surface area contributed by atoms with Gasteiger partial charge in [0.1, 0.15) is 0 Å². The zero-order chi connectivity index (χ0) is 19.5. The summed E-state index contributed by atoms with van der Waals surface area (Å²) in [6.45, 7) is -0.0698. The van der Waals surface area contributed by atoms with E-state index in [2.05, 4.69) is 4.98 Å². The Kier molecular flexibility index (Phi) is 5.83. The summed E-state index contributed by atoms with van der Waals surface area (Å²) in [5.74, 6) is -3.17. The zero-order valence-corrected chi connectivity index (χ0v) is 14.0. The summed E-state index contributed by atoms with van der Waals surface area (Å²) in [5, 5.41) is 9.05. The van der Waals surface area contributed by atoms with E-state index in [1.165, 1.54) is 18.0 Å². The first-order valence-electron chi connectivity index (χ1n) is 7.89. The number of nitrogens with zero attached hydrogens (tertiary/aromatic N) is 3. The number of carbonyl (C=O) groups is 3. The summed E-state index contributed by atoms with van der Waals surface area (Å²) in [6, 6.07) is 2.21. The van der Waals surface area contributed by atoms with Crippen LogP contribution in [0.4, 0.5) is 13.2 Å². The molecular formula is C16H18F3N3O4. The van der Waals surface area contributed by atoms with Crippen molar-refractivity contribution in [2.45, 2.75) is 19.0 Å². The third-order valence-corrected chi connectivity index (χ3v) is 4.15. The van der Waals surface area contributed by atoms with Crippen molar-refractivity contribution in [2.75, 3.05) is 26.7 Å². The highest BCUT2D eigenvalue weighted by molar-refractivity contribution is 5.97. The fraction of sp³-hybridized carbons (Fsp3) is 0.500. The Hall–Kier alpha value is -2.65. The highest BCUT2D eigenvalue weighted by Crippen LogP contribution is 2.30. The van der Waals surface area contributed by atoms with Crippen molar-refractivity contribution in [3.8, 4) is 0 Å². The van der Waals surface area contributed by atoms with Gasteiger partial charge in [0.2, 0.25) is 5.91 Å². The van der Waals surface area contributed by atoms with Crippen LogP contribution in [-0.4, -0.2) is 64.4 Å². The Balaban J connectivity index is 2.08. The third kappa shape index (κ3) is 4.50. The number of carboxylic acids is 1. The van der Waals surface area contributed by atoms with Crippen LogP contribution in [0.3, 0.4) is 0 Å². The molecule has 2 heterocycles. The van der Waals surface area contributed by atoms with Crippen LogP contribution in [-0.2, 0) is 15.8 Å². The summed E-state index contributed by atoms with van der Waals surface area (Å²) < 4.78 is 38.9. The third-order valence-electron chi connectivity index (χ3n) is 4.15. The first kappa shape index (κ1) is 19.7. The van der Waals surface area contributed by atoms with Crippen molar-refractivity contribution in [3.63, 3.8) is 0 Å². The van der Waals surface area contributed by atoms with E-state index in [1.54, 1.807) is 0 Å². The quantitative estimate of drug-likeness (QED) is 0.864. The van der Waals surface area contributed by atoms with Crippen molar-refractivity contribution in [3.05, 3.63) is 29.6 Å². The number of likely N-dealkylation sites (tertiary alicyclic amines) is 1. The summed E-state index contributed by atoms with van der Waals surface area (Å²) in [4.78, 5) is 41.1. The van der Waals surface area contributed by atoms with E-state index in [-0.39, 0.29) is 6.54 Å². The Morgan fingerprint density at radius 2 is 2.08 bits per heavy atom. The lowest BCUT2D eigenvalue weighted by molar-refractivity contribution is -0.145. The highest BCUT2D eigenvalue weighted by atomic mass is 19.4. The minimum absolute atomic E-state index is 0.0247. The number of carboxylic acid groups (broad SMARTS) is 1. The molecule has 1 aromatic rings. The van der Waals surface area contributed by atoms with Gasteiger partial charge in [-0.3, -0.25) is 19.4 Å². The van der Waals surface area contributed by atoms with Crippen molar-refractivity contribution >= 4 is 17.8 Å². The molecule has 0 aromatic carbocycles. The number of aromatic nitrogens is 1. The molecule has 10 heteroatoms. The molecule has 0 bridgehead atoms. The van der Waals surface area contributed by atoms with E-state index in [9.17, 15) is 27.6 Å². The van der Waals surface area contributed by atoms with Gasteiger partial charge < -0.3 is 14.9 Å². The number of alkyl halides is 3. The van der Waals surface area contributed by atoms with E-state index < -0.39 is 47.7 Å². The fourth-order valence-electron chi connectivity index (χ4n) is 2.79. The largest absolute Gasteiger partial charge is 0.481 e. The number of piperidine rings is 1. The first-order chi connectivity index (χ1) is 12.1. The number of hydrogen-bond donors (Lipinski definition) is 1. The zero-order valence-electron chi connectivity index (χ0n) is 14.0. The lowest BCUT2D eigenvalue weighted by Gasteiger charge is -2.32. The van der Waals surface area contributed by atoms with Gasteiger partial charge in [-0.25, -0.2) is 0 Å². The molecule has 1 fully saturated rings. The van der Waals surface area contributed by atoms with Gasteiger partial charge in [0.15, 0.2) is 5.69 Å². The molecule has 1 N–H and O–H groups in total. The molecule has 7 nitrogen and oxygen atoms in total. The molecule has 142 valence electrons. The topological polar surface area (TPSA) is 90.8 Å². The molecule has 1 unspecified atom stereocenters. The van der Waals surface area contributed by atoms with Crippen molar-refractivity contribution in [2.24, 2.45) is 5.92 Å². The predicted molar refractivity (Wildman–Crippen MR) is 83.1 cm³/mol. The summed E-state index contributed by atoms with van der Waals surface area (Å²) in [5.41, 5.74) is -1.95. The standard InChI is InChI=1S/C16H18F3N3O4/c1-21(9-12(23)22-7-3-4-10(8-22)15(25)26)14(24)11-5-2-6-20-13(11)16(17,18)19/h2,5-6,10H,3-4,7-9H2,1H3,(H,25,26). The lowest BCUT2D eigenvalue weighted by atomic mass is 9.98. The van der Waals surface area contributed by atoms with Crippen LogP contribution in [0.15, 0.2) is 18.3 Å². The maximum absolute atomic E-state index is 13.0. The second-order valence-corrected chi connectivity index (χ2v) is 6.08. The van der Waals surface area contributed by atoms with Gasteiger partial charge in [0.25, 0.3) is 5.91 Å². The molecule has 0 aliphatic carbocycles. The van der Waals surface area contributed by atoms with Crippen LogP contribution in [0.1, 0.15) is 28.9 Å². The molecule has 2 amide bonds. The van der Waals surface area contributed by atoms with Crippen molar-refractivity contribution in [1.82, 2.24) is 14.8 Å². The summed E-state index contributed by atoms with van der Waals surface area (Å²) >= 11 is 0. The molecule has 1 atom stereocenters. The Morgan fingerprint density at radius 3 is 2.69 bits per heavy atom. The van der Waals surface area contributed by atoms with Gasteiger partial charge >= 0.3 is 12.1 Å². The van der Waals surface area contributed by atoms with Crippen LogP contribution in [0.5, 0.6) is 0 Å². The molecule has 1 aromatic heterocycles. The van der Waals surface area contributed by atoms with Gasteiger partial charge in [-0.15, -0.1) is 0 Å². The Morgan fingerprint density at radius 1 is 1.38 bits per heavy atom. The normalized spacial score (nSPS) is 17.7. The van der Waals surface area contributed by atoms with E-state index in [1.807, 2.05) is 0 Å². The number of halogens is 3. The maximum atomic E-state index is 13.0. The minimum atomic E-state index is -4.79. The molecule has 1 saturated heterocycles. The lowest BCUT2D eigenvalue weighted by Crippen LogP contribution is -2.47. The van der Waals surface area contributed by atoms with Crippen LogP contribution in [0, 0.1) is 5.92 Å². The highest BCUT2D eigenvalue weighted by Gasteiger charge is 2.38. The average molecular weight is 373 g/mol. The monoisotopic (exact) mass is 373 g/mol. The van der Waals surface area contributed by atoms with Gasteiger partial charge in [0.05, 0.1) is 18.0 Å². The van der Waals surface area contributed by atoms with E-state index in [4.69, 9.17) is 5.11 Å². The van der Waals surface area contributed by atoms with Crippen LogP contribution in [0.2, 0.25) is 0 Å². The van der Waals surface area contributed by atoms with Gasteiger partial charge in [-0.05, 0) is 25.0 Å². The van der Waals surface area contributed by atoms with E-state index in [0.717, 1.165) is 17.2 Å². The number of hydrogen-bond acceptors (Lipinski definition) is 4. The number of aliphatic carboxylic acids is 1. The molecule has 1 aliphatic rings. The second kappa shape index (κ2) is 7.71. The number of rotatable bonds is 4. The number of pyridine rings is 1. The molecular weight excluding hydrogens is 355 g/mol. The second-order valence-electron chi connectivity index (χ2n) is 6.08. The molecule has 0 spiro atoms. The van der Waals surface area contributed by atoms with E-state index >= 15 is 0 Å². The molecule has 1 aliphatic heterocycles. The molecule has 2 rings (SSSR count). The minimum Gasteiger partial charge on any atom is -0.481 e. The smallest absolute Gasteiger partial charge is 0.434 e. The van der Waals surface area contributed by atoms with Crippen molar-refractivity contribution < 1.29 is 32.7 Å². The molecule has 26 heavy (non-hydrogen) atoms. The van der Waals surface area contributed by atoms with Crippen molar-refractivity contribution in [1.29, 1.82) is 0 Å². The van der Waals surface area contributed by atoms with Gasteiger partial charge in [-0.1, -0.05) is 0 Å². The number of carbonyl (C=O) groups excluding carboxylic acids is 2. The molecule has 0 saturated carbocycles. The summed E-state index contributed by atoms with van der Waals surface area (Å²) in [7, 11) is 1.21. The average Bonchev–Trinajstić information content (AvgIpc) is 2.60. The first-order valence-corrected chi connectivity index (χ1v) is 7.89. The van der Waals surface area contributed by atoms with Gasteiger partial charge in [-0.2, -0.15) is 13.2 Å². The Labute approximate surface area is 147 Å². The van der Waals surface area contributed by atoms with E-state index in [0.29, 0.717) is 19.4 Å². The fourth-order valence-corrected chi connectivity index (χ4v) is 2.79. The van der Waals surface area contributed by atoms with Crippen LogP contribution < -0.4 is 0 Å². The SMILES string of the molecule is CN(CC(=O)N1CCCC(C(=O)O)C1)C(=O)c1cccnc1C(F)(F)F. The Bertz CT molecular complexity index is 708. The van der Waals surface area contributed by atoms with Crippen LogP contribution in [0.25, 0.3) is 0 Å².